The van der Waals surface area contributed by atoms with Gasteiger partial charge in [-0.1, -0.05) is 25.0 Å². The van der Waals surface area contributed by atoms with E-state index in [9.17, 15) is 18.8 Å². The topological polar surface area (TPSA) is 69.7 Å². The summed E-state index contributed by atoms with van der Waals surface area (Å²) < 4.78 is 12.9. The zero-order chi connectivity index (χ0) is 17.8. The zero-order valence-corrected chi connectivity index (χ0v) is 13.8. The van der Waals surface area contributed by atoms with Crippen molar-refractivity contribution in [3.8, 4) is 0 Å². The minimum atomic E-state index is -0.610. The first-order valence-corrected chi connectivity index (χ1v) is 8.42. The second-order valence-corrected chi connectivity index (χ2v) is 6.23. The Morgan fingerprint density at radius 1 is 1.08 bits per heavy atom. The Kier molecular flexibility index (Phi) is 5.11. The maximum Gasteiger partial charge on any atom is 0.329 e. The standard InChI is InChI=1S/C18H20FN3O3/c19-14-7-5-13(6-8-14)11-15-17(24)22(18(25)20-15)12-16(23)21-9-3-1-2-4-10-21/h5-8,11H,1-4,9-10,12H2,(H,20,25)/b15-11-. The number of rotatable bonds is 3. The number of urea groups is 1. The summed E-state index contributed by atoms with van der Waals surface area (Å²) in [5.74, 6) is -1.14. The van der Waals surface area contributed by atoms with E-state index in [1.807, 2.05) is 0 Å². The summed E-state index contributed by atoms with van der Waals surface area (Å²) in [7, 11) is 0. The summed E-state index contributed by atoms with van der Waals surface area (Å²) >= 11 is 0. The molecule has 7 heteroatoms. The van der Waals surface area contributed by atoms with Gasteiger partial charge in [-0.2, -0.15) is 0 Å². The van der Waals surface area contributed by atoms with Gasteiger partial charge in [0.05, 0.1) is 0 Å². The SMILES string of the molecule is O=C(CN1C(=O)N/C(=C\c2ccc(F)cc2)C1=O)N1CCCCCC1. The number of hydrogen-bond donors (Lipinski definition) is 1. The second-order valence-electron chi connectivity index (χ2n) is 6.23. The first kappa shape index (κ1) is 17.1. The molecule has 6 nitrogen and oxygen atoms in total. The van der Waals surface area contributed by atoms with Crippen molar-refractivity contribution in [2.45, 2.75) is 25.7 Å². The third kappa shape index (κ3) is 4.04. The number of hydrogen-bond acceptors (Lipinski definition) is 3. The number of carbonyl (C=O) groups is 3. The van der Waals surface area contributed by atoms with E-state index in [0.29, 0.717) is 18.7 Å². The van der Waals surface area contributed by atoms with Crippen LogP contribution in [0.15, 0.2) is 30.0 Å². The molecule has 25 heavy (non-hydrogen) atoms. The first-order valence-electron chi connectivity index (χ1n) is 8.42. The van der Waals surface area contributed by atoms with Crippen LogP contribution in [0.4, 0.5) is 9.18 Å². The Labute approximate surface area is 145 Å². The normalized spacial score (nSPS) is 20.0. The quantitative estimate of drug-likeness (QED) is 0.674. The molecular weight excluding hydrogens is 325 g/mol. The molecule has 0 unspecified atom stereocenters. The van der Waals surface area contributed by atoms with Crippen LogP contribution in [-0.4, -0.2) is 47.3 Å². The maximum absolute atomic E-state index is 12.9. The summed E-state index contributed by atoms with van der Waals surface area (Å²) in [4.78, 5) is 39.5. The number of halogens is 1. The molecule has 132 valence electrons. The van der Waals surface area contributed by atoms with Crippen molar-refractivity contribution in [3.63, 3.8) is 0 Å². The molecule has 2 heterocycles. The van der Waals surface area contributed by atoms with Gasteiger partial charge in [0.1, 0.15) is 18.1 Å². The predicted molar refractivity (Wildman–Crippen MR) is 89.7 cm³/mol. The van der Waals surface area contributed by atoms with Gasteiger partial charge in [-0.3, -0.25) is 9.59 Å². The van der Waals surface area contributed by atoms with Crippen LogP contribution < -0.4 is 5.32 Å². The average molecular weight is 345 g/mol. The van der Waals surface area contributed by atoms with Gasteiger partial charge in [-0.25, -0.2) is 14.1 Å². The van der Waals surface area contributed by atoms with Crippen LogP contribution >= 0.6 is 0 Å². The molecule has 1 aromatic carbocycles. The Hall–Kier alpha value is -2.70. The highest BCUT2D eigenvalue weighted by molar-refractivity contribution is 6.15. The van der Waals surface area contributed by atoms with E-state index in [1.54, 1.807) is 4.90 Å². The van der Waals surface area contributed by atoms with Crippen molar-refractivity contribution in [3.05, 3.63) is 41.3 Å². The fraction of sp³-hybridized carbons (Fsp3) is 0.389. The molecule has 0 aliphatic carbocycles. The molecule has 2 saturated heterocycles. The molecule has 0 aromatic heterocycles. The molecule has 0 atom stereocenters. The molecule has 1 aromatic rings. The van der Waals surface area contributed by atoms with Gasteiger partial charge in [0.2, 0.25) is 5.91 Å². The molecule has 3 rings (SSSR count). The largest absolute Gasteiger partial charge is 0.341 e. The smallest absolute Gasteiger partial charge is 0.329 e. The van der Waals surface area contributed by atoms with Crippen LogP contribution in [0.2, 0.25) is 0 Å². The van der Waals surface area contributed by atoms with E-state index in [2.05, 4.69) is 5.32 Å². The third-order valence-electron chi connectivity index (χ3n) is 4.40. The van der Waals surface area contributed by atoms with Gasteiger partial charge in [-0.15, -0.1) is 0 Å². The number of carbonyl (C=O) groups excluding carboxylic acids is 3. The van der Waals surface area contributed by atoms with Gasteiger partial charge >= 0.3 is 6.03 Å². The minimum absolute atomic E-state index is 0.0836. The first-order chi connectivity index (χ1) is 12.0. The number of imide groups is 1. The van der Waals surface area contributed by atoms with Gasteiger partial charge in [0.25, 0.3) is 5.91 Å². The molecule has 1 N–H and O–H groups in total. The van der Waals surface area contributed by atoms with Crippen molar-refractivity contribution in [1.29, 1.82) is 0 Å². The van der Waals surface area contributed by atoms with E-state index >= 15 is 0 Å². The van der Waals surface area contributed by atoms with E-state index in [4.69, 9.17) is 0 Å². The average Bonchev–Trinajstić information content (AvgIpc) is 2.80. The number of nitrogens with zero attached hydrogens (tertiary/aromatic N) is 2. The molecule has 2 aliphatic heterocycles. The maximum atomic E-state index is 12.9. The lowest BCUT2D eigenvalue weighted by atomic mass is 10.2. The van der Waals surface area contributed by atoms with Gasteiger partial charge in [-0.05, 0) is 36.6 Å². The lowest BCUT2D eigenvalue weighted by Gasteiger charge is -2.22. The fourth-order valence-corrected chi connectivity index (χ4v) is 3.00. The highest BCUT2D eigenvalue weighted by atomic mass is 19.1. The van der Waals surface area contributed by atoms with Crippen LogP contribution in [0.3, 0.4) is 0 Å². The van der Waals surface area contributed by atoms with Crippen LogP contribution in [0.1, 0.15) is 31.2 Å². The molecule has 0 saturated carbocycles. The van der Waals surface area contributed by atoms with E-state index < -0.39 is 11.9 Å². The molecule has 2 fully saturated rings. The molecule has 4 amide bonds. The number of likely N-dealkylation sites (tertiary alicyclic amines) is 1. The number of benzene rings is 1. The van der Waals surface area contributed by atoms with E-state index in [0.717, 1.165) is 30.6 Å². The Morgan fingerprint density at radius 2 is 1.72 bits per heavy atom. The van der Waals surface area contributed by atoms with Gasteiger partial charge in [0.15, 0.2) is 0 Å². The van der Waals surface area contributed by atoms with E-state index in [1.165, 1.54) is 30.3 Å². The lowest BCUT2D eigenvalue weighted by molar-refractivity contribution is -0.135. The molecule has 0 radical (unpaired) electrons. The van der Waals surface area contributed by atoms with Crippen LogP contribution in [0, 0.1) is 5.82 Å². The van der Waals surface area contributed by atoms with Crippen molar-refractivity contribution in [1.82, 2.24) is 15.1 Å². The van der Waals surface area contributed by atoms with Crippen LogP contribution in [0.5, 0.6) is 0 Å². The molecule has 0 bridgehead atoms. The van der Waals surface area contributed by atoms with Crippen molar-refractivity contribution < 1.29 is 18.8 Å². The number of amides is 4. The van der Waals surface area contributed by atoms with Crippen molar-refractivity contribution in [2.75, 3.05) is 19.6 Å². The lowest BCUT2D eigenvalue weighted by Crippen LogP contribution is -2.43. The Morgan fingerprint density at radius 3 is 2.36 bits per heavy atom. The van der Waals surface area contributed by atoms with E-state index in [-0.39, 0.29) is 24.0 Å². The third-order valence-corrected chi connectivity index (χ3v) is 4.40. The Bertz CT molecular complexity index is 707. The molecule has 2 aliphatic rings. The summed E-state index contributed by atoms with van der Waals surface area (Å²) in [5, 5.41) is 2.47. The highest BCUT2D eigenvalue weighted by Crippen LogP contribution is 2.16. The summed E-state index contributed by atoms with van der Waals surface area (Å²) in [6, 6.07) is 4.95. The van der Waals surface area contributed by atoms with Gasteiger partial charge in [0, 0.05) is 13.1 Å². The second kappa shape index (κ2) is 7.46. The summed E-state index contributed by atoms with van der Waals surface area (Å²) in [5.41, 5.74) is 0.672. The summed E-state index contributed by atoms with van der Waals surface area (Å²) in [6.45, 7) is 1.08. The highest BCUT2D eigenvalue weighted by Gasteiger charge is 2.35. The van der Waals surface area contributed by atoms with Crippen molar-refractivity contribution in [2.24, 2.45) is 0 Å². The fourth-order valence-electron chi connectivity index (χ4n) is 3.00. The number of nitrogens with one attached hydrogen (secondary N) is 1. The minimum Gasteiger partial charge on any atom is -0.341 e. The predicted octanol–water partition coefficient (Wildman–Crippen LogP) is 2.12. The molecule has 0 spiro atoms. The van der Waals surface area contributed by atoms with Crippen molar-refractivity contribution >= 4 is 23.9 Å². The van der Waals surface area contributed by atoms with Gasteiger partial charge < -0.3 is 10.2 Å². The molecular formula is C18H20FN3O3. The van der Waals surface area contributed by atoms with Crippen LogP contribution in [-0.2, 0) is 9.59 Å². The Balaban J connectivity index is 1.68. The zero-order valence-electron chi connectivity index (χ0n) is 13.8. The summed E-state index contributed by atoms with van der Waals surface area (Å²) in [6.07, 6.45) is 5.55. The van der Waals surface area contributed by atoms with Crippen LogP contribution in [0.25, 0.3) is 6.08 Å². The monoisotopic (exact) mass is 345 g/mol.